The van der Waals surface area contributed by atoms with E-state index in [9.17, 15) is 0 Å². The average Bonchev–Trinajstić information content (AvgIpc) is 2.31. The van der Waals surface area contributed by atoms with Gasteiger partial charge in [0.1, 0.15) is 5.76 Å². The highest BCUT2D eigenvalue weighted by atomic mass is 16.5. The third-order valence-electron chi connectivity index (χ3n) is 2.37. The molecule has 0 bridgehead atoms. The largest absolute Gasteiger partial charge is 0.493 e. The Kier molecular flexibility index (Phi) is 4.29. The Bertz CT molecular complexity index is 407. The van der Waals surface area contributed by atoms with Crippen molar-refractivity contribution in [2.45, 2.75) is 27.2 Å². The van der Waals surface area contributed by atoms with Crippen LogP contribution in [0.2, 0.25) is 0 Å². The molecule has 2 rings (SSSR count). The van der Waals surface area contributed by atoms with E-state index in [1.165, 1.54) is 5.56 Å². The third-order valence-corrected chi connectivity index (χ3v) is 2.37. The molecule has 0 aliphatic carbocycles. The maximum absolute atomic E-state index is 5.42. The maximum atomic E-state index is 5.42. The average molecular weight is 217 g/mol. The quantitative estimate of drug-likeness (QED) is 0.715. The van der Waals surface area contributed by atoms with Gasteiger partial charge in [0.05, 0.1) is 12.3 Å². The van der Waals surface area contributed by atoms with Crippen molar-refractivity contribution in [3.8, 4) is 0 Å². The number of hydrogen-bond donors (Lipinski definition) is 0. The zero-order chi connectivity index (χ0) is 12.1. The Hall–Kier alpha value is -1.57. The molecule has 16 heavy (non-hydrogen) atoms. The van der Waals surface area contributed by atoms with Gasteiger partial charge in [0.25, 0.3) is 0 Å². The fourth-order valence-corrected chi connectivity index (χ4v) is 1.70. The van der Waals surface area contributed by atoms with E-state index in [1.54, 1.807) is 0 Å². The summed E-state index contributed by atoms with van der Waals surface area (Å²) in [7, 11) is 0. The number of allylic oxidation sites excluding steroid dienone is 1. The number of nitrogens with zero attached hydrogens (tertiary/aromatic N) is 1. The summed E-state index contributed by atoms with van der Waals surface area (Å²) in [5, 5.41) is 0. The Morgan fingerprint density at radius 2 is 2.12 bits per heavy atom. The van der Waals surface area contributed by atoms with Gasteiger partial charge in [-0.15, -0.1) is 0 Å². The lowest BCUT2D eigenvalue weighted by atomic mass is 9.98. The zero-order valence-electron chi connectivity index (χ0n) is 10.3. The first-order valence-corrected chi connectivity index (χ1v) is 5.66. The molecule has 1 aliphatic heterocycles. The second-order valence-corrected chi connectivity index (χ2v) is 3.50. The monoisotopic (exact) mass is 217 g/mol. The Morgan fingerprint density at radius 3 is 2.75 bits per heavy atom. The lowest BCUT2D eigenvalue weighted by molar-refractivity contribution is 0.271. The number of pyridine rings is 1. The molecule has 0 radical (unpaired) electrons. The number of hydrogen-bond acceptors (Lipinski definition) is 2. The van der Waals surface area contributed by atoms with Gasteiger partial charge in [-0.05, 0) is 24.1 Å². The molecular weight excluding hydrogens is 198 g/mol. The van der Waals surface area contributed by atoms with Crippen LogP contribution in [0, 0.1) is 0 Å². The SMILES string of the molecule is C=C(C)c1nccc2c1C(=C)OCC2.CC. The van der Waals surface area contributed by atoms with E-state index < -0.39 is 0 Å². The molecule has 0 amide bonds. The van der Waals surface area contributed by atoms with Crippen molar-refractivity contribution >= 4 is 11.3 Å². The Labute approximate surface area is 97.7 Å². The highest BCUT2D eigenvalue weighted by Crippen LogP contribution is 2.29. The molecule has 0 saturated heterocycles. The fraction of sp³-hybridized carbons (Fsp3) is 0.357. The molecule has 0 fully saturated rings. The molecule has 2 nitrogen and oxygen atoms in total. The topological polar surface area (TPSA) is 22.1 Å². The van der Waals surface area contributed by atoms with Crippen LogP contribution in [0.5, 0.6) is 0 Å². The minimum absolute atomic E-state index is 0.714. The van der Waals surface area contributed by atoms with Crippen molar-refractivity contribution in [3.63, 3.8) is 0 Å². The standard InChI is InChI=1S/C12H13NO.C2H6/c1-8(2)12-11-9(3)14-7-5-10(11)4-6-13-12;1-2/h4,6H,1,3,5,7H2,2H3;1-2H3. The highest BCUT2D eigenvalue weighted by molar-refractivity contribution is 5.75. The van der Waals surface area contributed by atoms with Gasteiger partial charge in [-0.1, -0.05) is 27.0 Å². The molecular formula is C14H19NO. The summed E-state index contributed by atoms with van der Waals surface area (Å²) in [4.78, 5) is 4.30. The first-order chi connectivity index (χ1) is 7.70. The Morgan fingerprint density at radius 1 is 1.44 bits per heavy atom. The predicted octanol–water partition coefficient (Wildman–Crippen LogP) is 3.68. The van der Waals surface area contributed by atoms with Crippen molar-refractivity contribution < 1.29 is 4.74 Å². The maximum Gasteiger partial charge on any atom is 0.121 e. The molecule has 2 heteroatoms. The van der Waals surface area contributed by atoms with Crippen LogP contribution in [0.3, 0.4) is 0 Å². The van der Waals surface area contributed by atoms with Crippen LogP contribution in [0.1, 0.15) is 37.6 Å². The molecule has 1 aromatic rings. The summed E-state index contributed by atoms with van der Waals surface area (Å²) in [6.45, 7) is 14.5. The van der Waals surface area contributed by atoms with Crippen molar-refractivity contribution in [3.05, 3.63) is 42.2 Å². The van der Waals surface area contributed by atoms with E-state index in [2.05, 4.69) is 18.1 Å². The van der Waals surface area contributed by atoms with Gasteiger partial charge in [-0.25, -0.2) is 0 Å². The van der Waals surface area contributed by atoms with E-state index >= 15 is 0 Å². The number of ether oxygens (including phenoxy) is 1. The van der Waals surface area contributed by atoms with E-state index in [-0.39, 0.29) is 0 Å². The van der Waals surface area contributed by atoms with Gasteiger partial charge in [0.2, 0.25) is 0 Å². The lowest BCUT2D eigenvalue weighted by Crippen LogP contribution is -2.11. The summed E-state index contributed by atoms with van der Waals surface area (Å²) < 4.78 is 5.42. The molecule has 86 valence electrons. The van der Waals surface area contributed by atoms with E-state index in [0.717, 1.165) is 29.0 Å². The molecule has 0 aromatic carbocycles. The van der Waals surface area contributed by atoms with Gasteiger partial charge in [-0.2, -0.15) is 0 Å². The summed E-state index contributed by atoms with van der Waals surface area (Å²) in [6, 6.07) is 2.02. The summed E-state index contributed by atoms with van der Waals surface area (Å²) in [6.07, 6.45) is 2.75. The van der Waals surface area contributed by atoms with E-state index in [0.29, 0.717) is 6.61 Å². The van der Waals surface area contributed by atoms with Gasteiger partial charge in [-0.3, -0.25) is 4.98 Å². The number of fused-ring (bicyclic) bond motifs is 1. The van der Waals surface area contributed by atoms with Crippen LogP contribution in [-0.4, -0.2) is 11.6 Å². The summed E-state index contributed by atoms with van der Waals surface area (Å²) in [5.41, 5.74) is 4.15. The molecule has 0 saturated carbocycles. The van der Waals surface area contributed by atoms with Gasteiger partial charge >= 0.3 is 0 Å². The van der Waals surface area contributed by atoms with Crippen LogP contribution >= 0.6 is 0 Å². The predicted molar refractivity (Wildman–Crippen MR) is 69.0 cm³/mol. The van der Waals surface area contributed by atoms with E-state index in [4.69, 9.17) is 4.74 Å². The Balaban J connectivity index is 0.000000606. The first kappa shape index (κ1) is 12.5. The molecule has 0 N–H and O–H groups in total. The van der Waals surface area contributed by atoms with Crippen LogP contribution in [0.15, 0.2) is 25.4 Å². The van der Waals surface area contributed by atoms with Crippen LogP contribution in [0.4, 0.5) is 0 Å². The third kappa shape index (κ3) is 2.32. The summed E-state index contributed by atoms with van der Waals surface area (Å²) >= 11 is 0. The number of aromatic nitrogens is 1. The normalized spacial score (nSPS) is 13.1. The molecule has 0 spiro atoms. The minimum Gasteiger partial charge on any atom is -0.493 e. The number of rotatable bonds is 1. The van der Waals surface area contributed by atoms with Crippen molar-refractivity contribution in [1.82, 2.24) is 4.98 Å². The molecule has 0 unspecified atom stereocenters. The summed E-state index contributed by atoms with van der Waals surface area (Å²) in [5.74, 6) is 0.720. The van der Waals surface area contributed by atoms with Crippen LogP contribution in [0.25, 0.3) is 11.3 Å². The second kappa shape index (κ2) is 5.50. The molecule has 2 heterocycles. The second-order valence-electron chi connectivity index (χ2n) is 3.50. The molecule has 1 aliphatic rings. The van der Waals surface area contributed by atoms with Crippen LogP contribution in [-0.2, 0) is 11.2 Å². The molecule has 0 atom stereocenters. The molecule has 1 aromatic heterocycles. The fourth-order valence-electron chi connectivity index (χ4n) is 1.70. The first-order valence-electron chi connectivity index (χ1n) is 5.66. The van der Waals surface area contributed by atoms with Crippen LogP contribution < -0.4 is 0 Å². The minimum atomic E-state index is 0.714. The zero-order valence-corrected chi connectivity index (χ0v) is 10.3. The van der Waals surface area contributed by atoms with Crippen molar-refractivity contribution in [2.75, 3.05) is 6.61 Å². The van der Waals surface area contributed by atoms with Gasteiger partial charge < -0.3 is 4.74 Å². The van der Waals surface area contributed by atoms with Crippen molar-refractivity contribution in [2.24, 2.45) is 0 Å². The van der Waals surface area contributed by atoms with Gasteiger partial charge in [0, 0.05) is 18.2 Å². The smallest absolute Gasteiger partial charge is 0.121 e. The van der Waals surface area contributed by atoms with Crippen molar-refractivity contribution in [1.29, 1.82) is 0 Å². The lowest BCUT2D eigenvalue weighted by Gasteiger charge is -2.21. The van der Waals surface area contributed by atoms with Gasteiger partial charge in [0.15, 0.2) is 0 Å². The van der Waals surface area contributed by atoms with E-state index in [1.807, 2.05) is 33.0 Å². The highest BCUT2D eigenvalue weighted by Gasteiger charge is 2.18.